The van der Waals surface area contributed by atoms with Crippen LogP contribution in [0.1, 0.15) is 38.7 Å². The van der Waals surface area contributed by atoms with Crippen LogP contribution in [0.25, 0.3) is 0 Å². The Balaban J connectivity index is 3.07. The summed E-state index contributed by atoms with van der Waals surface area (Å²) >= 11 is 0. The van der Waals surface area contributed by atoms with Gasteiger partial charge in [0.2, 0.25) is 0 Å². The predicted octanol–water partition coefficient (Wildman–Crippen LogP) is 2.85. The SMILES string of the molecule is CCCC(CC(=O)OC)(NCC)c1ccccc1. The highest BCUT2D eigenvalue weighted by Gasteiger charge is 2.33. The second-order valence-electron chi connectivity index (χ2n) is 4.48. The van der Waals surface area contributed by atoms with Gasteiger partial charge in [-0.2, -0.15) is 0 Å². The molecule has 18 heavy (non-hydrogen) atoms. The van der Waals surface area contributed by atoms with Crippen LogP contribution in [0.5, 0.6) is 0 Å². The fraction of sp³-hybridized carbons (Fsp3) is 0.533. The largest absolute Gasteiger partial charge is 0.469 e. The van der Waals surface area contributed by atoms with Crippen LogP contribution in [-0.4, -0.2) is 19.6 Å². The Morgan fingerprint density at radius 2 is 1.94 bits per heavy atom. The maximum absolute atomic E-state index is 11.7. The summed E-state index contributed by atoms with van der Waals surface area (Å²) < 4.78 is 4.84. The number of rotatable bonds is 7. The number of ether oxygens (including phenoxy) is 1. The number of hydrogen-bond acceptors (Lipinski definition) is 3. The lowest BCUT2D eigenvalue weighted by molar-refractivity contribution is -0.142. The van der Waals surface area contributed by atoms with Crippen molar-refractivity contribution in [2.45, 2.75) is 38.6 Å². The Kier molecular flexibility index (Phi) is 5.86. The average molecular weight is 249 g/mol. The molecule has 1 rings (SSSR count). The first-order valence-corrected chi connectivity index (χ1v) is 6.56. The van der Waals surface area contributed by atoms with E-state index in [0.717, 1.165) is 24.9 Å². The first kappa shape index (κ1) is 14.7. The van der Waals surface area contributed by atoms with Crippen LogP contribution in [0.4, 0.5) is 0 Å². The molecule has 0 radical (unpaired) electrons. The van der Waals surface area contributed by atoms with E-state index in [9.17, 15) is 4.79 Å². The molecule has 0 aromatic heterocycles. The quantitative estimate of drug-likeness (QED) is 0.755. The van der Waals surface area contributed by atoms with Crippen molar-refractivity contribution < 1.29 is 9.53 Å². The van der Waals surface area contributed by atoms with Crippen molar-refractivity contribution in [3.8, 4) is 0 Å². The summed E-state index contributed by atoms with van der Waals surface area (Å²) in [6.45, 7) is 5.02. The highest BCUT2D eigenvalue weighted by molar-refractivity contribution is 5.71. The van der Waals surface area contributed by atoms with Crippen LogP contribution >= 0.6 is 0 Å². The zero-order valence-corrected chi connectivity index (χ0v) is 11.5. The lowest BCUT2D eigenvalue weighted by Crippen LogP contribution is -2.44. The average Bonchev–Trinajstić information content (AvgIpc) is 2.40. The van der Waals surface area contributed by atoms with Crippen LogP contribution in [0.3, 0.4) is 0 Å². The maximum Gasteiger partial charge on any atom is 0.307 e. The highest BCUT2D eigenvalue weighted by atomic mass is 16.5. The summed E-state index contributed by atoms with van der Waals surface area (Å²) in [4.78, 5) is 11.7. The molecule has 3 heteroatoms. The predicted molar refractivity (Wildman–Crippen MR) is 73.3 cm³/mol. The van der Waals surface area contributed by atoms with Gasteiger partial charge in [-0.15, -0.1) is 0 Å². The lowest BCUT2D eigenvalue weighted by Gasteiger charge is -2.34. The fourth-order valence-corrected chi connectivity index (χ4v) is 2.43. The molecule has 0 aliphatic heterocycles. The third-order valence-corrected chi connectivity index (χ3v) is 3.19. The molecule has 100 valence electrons. The molecule has 1 unspecified atom stereocenters. The molecule has 1 atom stereocenters. The normalized spacial score (nSPS) is 13.9. The van der Waals surface area contributed by atoms with Gasteiger partial charge in [-0.3, -0.25) is 4.79 Å². The Bertz CT molecular complexity index is 356. The second-order valence-corrected chi connectivity index (χ2v) is 4.48. The summed E-state index contributed by atoms with van der Waals surface area (Å²) in [5.74, 6) is -0.173. The fourth-order valence-electron chi connectivity index (χ4n) is 2.43. The first-order valence-electron chi connectivity index (χ1n) is 6.56. The van der Waals surface area contributed by atoms with Gasteiger partial charge in [0.1, 0.15) is 0 Å². The Morgan fingerprint density at radius 1 is 1.28 bits per heavy atom. The molecule has 0 saturated heterocycles. The van der Waals surface area contributed by atoms with E-state index >= 15 is 0 Å². The Morgan fingerprint density at radius 3 is 2.44 bits per heavy atom. The third kappa shape index (κ3) is 3.57. The lowest BCUT2D eigenvalue weighted by atomic mass is 9.82. The van der Waals surface area contributed by atoms with Crippen LogP contribution in [0.2, 0.25) is 0 Å². The Hall–Kier alpha value is -1.35. The van der Waals surface area contributed by atoms with Crippen LogP contribution in [0.15, 0.2) is 30.3 Å². The van der Waals surface area contributed by atoms with Gasteiger partial charge in [0.25, 0.3) is 0 Å². The van der Waals surface area contributed by atoms with Gasteiger partial charge in [-0.25, -0.2) is 0 Å². The molecular weight excluding hydrogens is 226 g/mol. The van der Waals surface area contributed by atoms with Crippen molar-refractivity contribution in [1.29, 1.82) is 0 Å². The van der Waals surface area contributed by atoms with Gasteiger partial charge in [-0.05, 0) is 18.5 Å². The summed E-state index contributed by atoms with van der Waals surface area (Å²) in [5, 5.41) is 3.48. The molecule has 0 aliphatic carbocycles. The monoisotopic (exact) mass is 249 g/mol. The zero-order chi connectivity index (χ0) is 13.4. The third-order valence-electron chi connectivity index (χ3n) is 3.19. The number of esters is 1. The Labute approximate surface area is 110 Å². The standard InChI is InChI=1S/C15H23NO2/c1-4-11-15(16-5-2,12-14(17)18-3)13-9-7-6-8-10-13/h6-10,16H,4-5,11-12H2,1-3H3. The van der Waals surface area contributed by atoms with Crippen molar-refractivity contribution in [3.05, 3.63) is 35.9 Å². The van der Waals surface area contributed by atoms with Crippen molar-refractivity contribution in [2.24, 2.45) is 0 Å². The second kappa shape index (κ2) is 7.17. The van der Waals surface area contributed by atoms with Gasteiger partial charge in [-0.1, -0.05) is 50.6 Å². The van der Waals surface area contributed by atoms with E-state index in [1.807, 2.05) is 18.2 Å². The topological polar surface area (TPSA) is 38.3 Å². The number of hydrogen-bond donors (Lipinski definition) is 1. The summed E-state index contributed by atoms with van der Waals surface area (Å²) in [7, 11) is 1.44. The van der Waals surface area contributed by atoms with Crippen molar-refractivity contribution in [2.75, 3.05) is 13.7 Å². The van der Waals surface area contributed by atoms with Crippen molar-refractivity contribution >= 4 is 5.97 Å². The minimum Gasteiger partial charge on any atom is -0.469 e. The number of carbonyl (C=O) groups is 1. The van der Waals surface area contributed by atoms with Gasteiger partial charge < -0.3 is 10.1 Å². The summed E-state index contributed by atoms with van der Waals surface area (Å²) in [5.41, 5.74) is 0.844. The van der Waals surface area contributed by atoms with Gasteiger partial charge in [0.05, 0.1) is 19.1 Å². The van der Waals surface area contributed by atoms with E-state index in [1.165, 1.54) is 7.11 Å². The maximum atomic E-state index is 11.7. The molecule has 1 N–H and O–H groups in total. The molecule has 0 saturated carbocycles. The number of nitrogens with one attached hydrogen (secondary N) is 1. The molecule has 1 aromatic carbocycles. The van der Waals surface area contributed by atoms with Crippen molar-refractivity contribution in [3.63, 3.8) is 0 Å². The van der Waals surface area contributed by atoms with Gasteiger partial charge in [0.15, 0.2) is 0 Å². The van der Waals surface area contributed by atoms with E-state index in [4.69, 9.17) is 4.74 Å². The molecule has 3 nitrogen and oxygen atoms in total. The molecule has 0 fully saturated rings. The minimum atomic E-state index is -0.308. The first-order chi connectivity index (χ1) is 8.68. The molecule has 0 spiro atoms. The van der Waals surface area contributed by atoms with E-state index in [2.05, 4.69) is 31.3 Å². The molecule has 0 heterocycles. The number of carbonyl (C=O) groups excluding carboxylic acids is 1. The zero-order valence-electron chi connectivity index (χ0n) is 11.5. The van der Waals surface area contributed by atoms with Gasteiger partial charge >= 0.3 is 5.97 Å². The number of methoxy groups -OCH3 is 1. The van der Waals surface area contributed by atoms with E-state index < -0.39 is 0 Å². The van der Waals surface area contributed by atoms with E-state index in [-0.39, 0.29) is 11.5 Å². The van der Waals surface area contributed by atoms with Crippen LogP contribution < -0.4 is 5.32 Å². The summed E-state index contributed by atoms with van der Waals surface area (Å²) in [6.07, 6.45) is 2.30. The van der Waals surface area contributed by atoms with Crippen LogP contribution in [-0.2, 0) is 15.1 Å². The van der Waals surface area contributed by atoms with Crippen LogP contribution in [0, 0.1) is 0 Å². The van der Waals surface area contributed by atoms with Crippen molar-refractivity contribution in [1.82, 2.24) is 5.32 Å². The molecular formula is C15H23NO2. The highest BCUT2D eigenvalue weighted by Crippen LogP contribution is 2.30. The molecule has 0 bridgehead atoms. The van der Waals surface area contributed by atoms with Gasteiger partial charge in [0, 0.05) is 0 Å². The van der Waals surface area contributed by atoms with E-state index in [1.54, 1.807) is 0 Å². The molecule has 1 aromatic rings. The summed E-state index contributed by atoms with van der Waals surface area (Å²) in [6, 6.07) is 10.1. The molecule has 0 aliphatic rings. The van der Waals surface area contributed by atoms with E-state index in [0.29, 0.717) is 6.42 Å². The molecule has 0 amide bonds. The minimum absolute atomic E-state index is 0.173. The smallest absolute Gasteiger partial charge is 0.307 e. The number of benzene rings is 1.